The van der Waals surface area contributed by atoms with Gasteiger partial charge < -0.3 is 10.6 Å². The number of nitrogens with one attached hydrogen (secondary N) is 3. The first-order chi connectivity index (χ1) is 9.92. The fourth-order valence-corrected chi connectivity index (χ4v) is 2.27. The van der Waals surface area contributed by atoms with Crippen LogP contribution in [0.25, 0.3) is 0 Å². The van der Waals surface area contributed by atoms with Crippen LogP contribution in [0.2, 0.25) is 0 Å². The molecule has 0 radical (unpaired) electrons. The van der Waals surface area contributed by atoms with Crippen molar-refractivity contribution in [1.29, 1.82) is 0 Å². The molecule has 124 valence electrons. The average molecular weight is 348 g/mol. The van der Waals surface area contributed by atoms with Crippen LogP contribution in [0.15, 0.2) is 24.3 Å². The molecule has 1 aliphatic rings. The third kappa shape index (κ3) is 7.74. The van der Waals surface area contributed by atoms with Gasteiger partial charge in [0.15, 0.2) is 0 Å². The fourth-order valence-electron chi connectivity index (χ4n) is 1.84. The molecule has 0 heterocycles. The molecule has 0 aliphatic heterocycles. The number of sulfonamides is 1. The molecule has 3 N–H and O–H groups in total. The Labute approximate surface area is 137 Å². The molecule has 22 heavy (non-hydrogen) atoms. The summed E-state index contributed by atoms with van der Waals surface area (Å²) in [5.74, 6) is 0.678. The van der Waals surface area contributed by atoms with E-state index in [0.29, 0.717) is 12.2 Å². The third-order valence-corrected chi connectivity index (χ3v) is 3.86. The van der Waals surface area contributed by atoms with Crippen LogP contribution < -0.4 is 15.4 Å². The average Bonchev–Trinajstić information content (AvgIpc) is 3.21. The van der Waals surface area contributed by atoms with E-state index in [1.54, 1.807) is 24.3 Å². The number of hydrogen-bond acceptors (Lipinski definition) is 4. The molecule has 1 aromatic rings. The van der Waals surface area contributed by atoms with Gasteiger partial charge in [-0.05, 0) is 43.0 Å². The van der Waals surface area contributed by atoms with Gasteiger partial charge in [0.05, 0.1) is 12.8 Å². The minimum Gasteiger partial charge on any atom is -0.325 e. The lowest BCUT2D eigenvalue weighted by Gasteiger charge is -2.08. The molecule has 0 spiro atoms. The Morgan fingerprint density at radius 3 is 2.41 bits per heavy atom. The molecule has 0 saturated heterocycles. The van der Waals surface area contributed by atoms with E-state index in [0.717, 1.165) is 24.3 Å². The van der Waals surface area contributed by atoms with Gasteiger partial charge in [0, 0.05) is 12.2 Å². The summed E-state index contributed by atoms with van der Waals surface area (Å²) in [5, 5.41) is 5.92. The molecule has 0 atom stereocenters. The van der Waals surface area contributed by atoms with Crippen molar-refractivity contribution in [3.05, 3.63) is 29.8 Å². The molecular weight excluding hydrogens is 326 g/mol. The Balaban J connectivity index is 0.00000242. The highest BCUT2D eigenvalue weighted by Gasteiger charge is 2.20. The second-order valence-electron chi connectivity index (χ2n) is 5.41. The van der Waals surface area contributed by atoms with Crippen molar-refractivity contribution in [2.24, 2.45) is 5.92 Å². The van der Waals surface area contributed by atoms with E-state index in [-0.39, 0.29) is 24.9 Å². The predicted octanol–water partition coefficient (Wildman–Crippen LogP) is 1.10. The van der Waals surface area contributed by atoms with Crippen LogP contribution in [0.5, 0.6) is 0 Å². The van der Waals surface area contributed by atoms with Crippen molar-refractivity contribution in [3.8, 4) is 0 Å². The number of amides is 1. The van der Waals surface area contributed by atoms with Gasteiger partial charge in [0.1, 0.15) is 0 Å². The van der Waals surface area contributed by atoms with Crippen molar-refractivity contribution in [1.82, 2.24) is 10.0 Å². The summed E-state index contributed by atoms with van der Waals surface area (Å²) in [6, 6.07) is 7.09. The minimum atomic E-state index is -3.19. The van der Waals surface area contributed by atoms with Gasteiger partial charge in [-0.2, -0.15) is 0 Å². The first-order valence-electron chi connectivity index (χ1n) is 6.96. The number of carbonyl (C=O) groups is 1. The zero-order valence-corrected chi connectivity index (χ0v) is 14.1. The van der Waals surface area contributed by atoms with Crippen LogP contribution in [-0.4, -0.2) is 33.7 Å². The van der Waals surface area contributed by atoms with E-state index < -0.39 is 10.0 Å². The molecule has 8 heteroatoms. The zero-order chi connectivity index (χ0) is 15.3. The van der Waals surface area contributed by atoms with Crippen molar-refractivity contribution in [3.63, 3.8) is 0 Å². The van der Waals surface area contributed by atoms with E-state index in [4.69, 9.17) is 0 Å². The van der Waals surface area contributed by atoms with Crippen LogP contribution in [0.1, 0.15) is 18.4 Å². The van der Waals surface area contributed by atoms with Gasteiger partial charge in [-0.3, -0.25) is 4.79 Å². The number of benzene rings is 1. The monoisotopic (exact) mass is 347 g/mol. The van der Waals surface area contributed by atoms with E-state index in [1.165, 1.54) is 12.8 Å². The Bertz CT molecular complexity index is 586. The van der Waals surface area contributed by atoms with Gasteiger partial charge in [0.25, 0.3) is 0 Å². The van der Waals surface area contributed by atoms with Crippen molar-refractivity contribution >= 4 is 34.0 Å². The van der Waals surface area contributed by atoms with Crippen LogP contribution in [0.3, 0.4) is 0 Å². The standard InChI is InChI=1S/C14H21N3O3S.ClH/c1-21(19,20)16-9-12-4-6-13(7-5-12)17-14(18)10-15-8-11-2-3-11;/h4-7,11,15-16H,2-3,8-10H2,1H3,(H,17,18);1H. The van der Waals surface area contributed by atoms with Crippen LogP contribution in [-0.2, 0) is 21.4 Å². The normalized spacial score (nSPS) is 14.2. The lowest BCUT2D eigenvalue weighted by atomic mass is 10.2. The summed E-state index contributed by atoms with van der Waals surface area (Å²) in [4.78, 5) is 11.7. The first-order valence-corrected chi connectivity index (χ1v) is 8.86. The zero-order valence-electron chi connectivity index (χ0n) is 12.5. The first kappa shape index (κ1) is 18.9. The van der Waals surface area contributed by atoms with Crippen LogP contribution in [0, 0.1) is 5.92 Å². The number of hydrogen-bond donors (Lipinski definition) is 3. The molecule has 1 aliphatic carbocycles. The molecule has 0 unspecified atom stereocenters. The summed E-state index contributed by atoms with van der Waals surface area (Å²) >= 11 is 0. The Morgan fingerprint density at radius 1 is 1.23 bits per heavy atom. The Morgan fingerprint density at radius 2 is 1.86 bits per heavy atom. The number of anilines is 1. The lowest BCUT2D eigenvalue weighted by molar-refractivity contribution is -0.115. The van der Waals surface area contributed by atoms with Crippen LogP contribution >= 0.6 is 12.4 Å². The molecule has 1 fully saturated rings. The van der Waals surface area contributed by atoms with E-state index in [1.807, 2.05) is 0 Å². The summed E-state index contributed by atoms with van der Waals surface area (Å²) < 4.78 is 24.4. The van der Waals surface area contributed by atoms with Crippen LogP contribution in [0.4, 0.5) is 5.69 Å². The highest BCUT2D eigenvalue weighted by Crippen LogP contribution is 2.27. The second kappa shape index (κ2) is 8.47. The number of rotatable bonds is 8. The van der Waals surface area contributed by atoms with E-state index >= 15 is 0 Å². The maximum atomic E-state index is 11.7. The van der Waals surface area contributed by atoms with Crippen molar-refractivity contribution < 1.29 is 13.2 Å². The fraction of sp³-hybridized carbons (Fsp3) is 0.500. The highest BCUT2D eigenvalue weighted by molar-refractivity contribution is 7.88. The summed E-state index contributed by atoms with van der Waals surface area (Å²) in [6.45, 7) is 1.47. The van der Waals surface area contributed by atoms with Crippen molar-refractivity contribution in [2.75, 3.05) is 24.7 Å². The molecule has 0 bridgehead atoms. The van der Waals surface area contributed by atoms with Gasteiger partial charge in [-0.1, -0.05) is 12.1 Å². The van der Waals surface area contributed by atoms with Gasteiger partial charge >= 0.3 is 0 Å². The molecule has 1 amide bonds. The summed E-state index contributed by atoms with van der Waals surface area (Å²) in [7, 11) is -3.19. The topological polar surface area (TPSA) is 87.3 Å². The second-order valence-corrected chi connectivity index (χ2v) is 7.25. The van der Waals surface area contributed by atoms with E-state index in [9.17, 15) is 13.2 Å². The Hall–Kier alpha value is -1.15. The third-order valence-electron chi connectivity index (χ3n) is 3.19. The summed E-state index contributed by atoms with van der Waals surface area (Å²) in [5.41, 5.74) is 1.54. The maximum absolute atomic E-state index is 11.7. The Kier molecular flexibility index (Phi) is 7.28. The summed E-state index contributed by atoms with van der Waals surface area (Å²) in [6.07, 6.45) is 3.64. The predicted molar refractivity (Wildman–Crippen MR) is 89.6 cm³/mol. The largest absolute Gasteiger partial charge is 0.325 e. The van der Waals surface area contributed by atoms with Gasteiger partial charge in [0.2, 0.25) is 15.9 Å². The van der Waals surface area contributed by atoms with Gasteiger partial charge in [-0.15, -0.1) is 12.4 Å². The maximum Gasteiger partial charge on any atom is 0.238 e. The number of carbonyl (C=O) groups excluding carboxylic acids is 1. The smallest absolute Gasteiger partial charge is 0.238 e. The molecule has 0 aromatic heterocycles. The molecule has 1 saturated carbocycles. The van der Waals surface area contributed by atoms with Gasteiger partial charge in [-0.25, -0.2) is 13.1 Å². The molecule has 2 rings (SSSR count). The number of halogens is 1. The molecule has 1 aromatic carbocycles. The molecule has 6 nitrogen and oxygen atoms in total. The SMILES string of the molecule is CS(=O)(=O)NCc1ccc(NC(=O)CNCC2CC2)cc1.Cl. The van der Waals surface area contributed by atoms with Crippen molar-refractivity contribution in [2.45, 2.75) is 19.4 Å². The quantitative estimate of drug-likeness (QED) is 0.657. The lowest BCUT2D eigenvalue weighted by Crippen LogP contribution is -2.29. The molecular formula is C14H22ClN3O3S. The highest BCUT2D eigenvalue weighted by atomic mass is 35.5. The van der Waals surface area contributed by atoms with E-state index in [2.05, 4.69) is 15.4 Å². The minimum absolute atomic E-state index is 0.